The number of hydrogen-bond acceptors (Lipinski definition) is 2. The first-order valence-electron chi connectivity index (χ1n) is 5.69. The number of halogens is 2. The Morgan fingerprint density at radius 2 is 2.06 bits per heavy atom. The van der Waals surface area contributed by atoms with E-state index >= 15 is 0 Å². The van der Waals surface area contributed by atoms with Crippen molar-refractivity contribution < 1.29 is 8.78 Å². The first kappa shape index (κ1) is 12.6. The molecule has 0 aliphatic carbocycles. The Morgan fingerprint density at radius 3 is 2.78 bits per heavy atom. The van der Waals surface area contributed by atoms with Crippen molar-refractivity contribution in [3.63, 3.8) is 0 Å². The molecule has 2 rings (SSSR count). The molecule has 18 heavy (non-hydrogen) atoms. The number of pyridine rings is 1. The van der Waals surface area contributed by atoms with Crippen molar-refractivity contribution in [3.8, 4) is 0 Å². The first-order valence-corrected chi connectivity index (χ1v) is 5.69. The van der Waals surface area contributed by atoms with Gasteiger partial charge in [0.1, 0.15) is 11.6 Å². The number of nitrogens with zero attached hydrogens (tertiary/aromatic N) is 1. The number of aromatic nitrogens is 1. The van der Waals surface area contributed by atoms with Crippen molar-refractivity contribution in [2.24, 2.45) is 5.73 Å². The minimum Gasteiger partial charge on any atom is -0.324 e. The van der Waals surface area contributed by atoms with Crippen LogP contribution in [0.5, 0.6) is 0 Å². The van der Waals surface area contributed by atoms with Crippen molar-refractivity contribution >= 4 is 0 Å². The van der Waals surface area contributed by atoms with E-state index in [0.29, 0.717) is 0 Å². The molecule has 1 heterocycles. The highest BCUT2D eigenvalue weighted by Gasteiger charge is 2.13. The Morgan fingerprint density at radius 1 is 1.28 bits per heavy atom. The van der Waals surface area contributed by atoms with Crippen molar-refractivity contribution in [1.82, 2.24) is 4.98 Å². The number of aryl methyl sites for hydroxylation is 1. The Balaban J connectivity index is 2.24. The summed E-state index contributed by atoms with van der Waals surface area (Å²) in [7, 11) is 0. The van der Waals surface area contributed by atoms with Gasteiger partial charge in [-0.15, -0.1) is 0 Å². The van der Waals surface area contributed by atoms with Gasteiger partial charge in [0.15, 0.2) is 0 Å². The third-order valence-electron chi connectivity index (χ3n) is 2.89. The van der Waals surface area contributed by atoms with Crippen LogP contribution in [0.4, 0.5) is 8.78 Å². The van der Waals surface area contributed by atoms with E-state index in [9.17, 15) is 8.78 Å². The maximum absolute atomic E-state index is 13.5. The minimum absolute atomic E-state index is 0.246. The van der Waals surface area contributed by atoms with Gasteiger partial charge in [0.05, 0.1) is 0 Å². The lowest BCUT2D eigenvalue weighted by atomic mass is 9.98. The molecule has 1 aromatic heterocycles. The highest BCUT2D eigenvalue weighted by molar-refractivity contribution is 5.26. The monoisotopic (exact) mass is 248 g/mol. The van der Waals surface area contributed by atoms with Gasteiger partial charge < -0.3 is 5.73 Å². The van der Waals surface area contributed by atoms with Crippen LogP contribution in [0.1, 0.15) is 22.9 Å². The molecule has 2 aromatic rings. The van der Waals surface area contributed by atoms with Crippen LogP contribution in [0.2, 0.25) is 0 Å². The molecule has 2 nitrogen and oxygen atoms in total. The van der Waals surface area contributed by atoms with Gasteiger partial charge in [0, 0.05) is 17.9 Å². The molecule has 1 unspecified atom stereocenters. The maximum Gasteiger partial charge on any atom is 0.126 e. The van der Waals surface area contributed by atoms with E-state index in [4.69, 9.17) is 5.73 Å². The summed E-state index contributed by atoms with van der Waals surface area (Å²) in [5, 5.41) is 0. The molecule has 0 aliphatic rings. The Hall–Kier alpha value is -1.81. The number of hydrogen-bond donors (Lipinski definition) is 1. The molecule has 0 saturated heterocycles. The molecule has 2 N–H and O–H groups in total. The molecule has 1 aromatic carbocycles. The summed E-state index contributed by atoms with van der Waals surface area (Å²) in [5.74, 6) is -0.894. The number of rotatable bonds is 3. The molecular formula is C14H14F2N2. The summed E-state index contributed by atoms with van der Waals surface area (Å²) >= 11 is 0. The van der Waals surface area contributed by atoms with E-state index in [0.717, 1.165) is 23.4 Å². The van der Waals surface area contributed by atoms with Crippen LogP contribution in [0.25, 0.3) is 0 Å². The molecular weight excluding hydrogens is 234 g/mol. The van der Waals surface area contributed by atoms with Crippen LogP contribution in [0.3, 0.4) is 0 Å². The standard InChI is InChI=1S/C14H14F2N2/c1-9-12(3-2-6-18-9)14(17)8-10-7-11(15)4-5-13(10)16/h2-7,14H,8,17H2,1H3. The number of nitrogens with two attached hydrogens (primary N) is 1. The lowest BCUT2D eigenvalue weighted by Gasteiger charge is -2.14. The Bertz CT molecular complexity index is 555. The predicted molar refractivity (Wildman–Crippen MR) is 66.0 cm³/mol. The van der Waals surface area contributed by atoms with Gasteiger partial charge in [-0.1, -0.05) is 6.07 Å². The van der Waals surface area contributed by atoms with Crippen LogP contribution in [-0.4, -0.2) is 4.98 Å². The highest BCUT2D eigenvalue weighted by atomic mass is 19.1. The van der Waals surface area contributed by atoms with E-state index in [1.54, 1.807) is 12.3 Å². The largest absolute Gasteiger partial charge is 0.324 e. The van der Waals surface area contributed by atoms with E-state index in [2.05, 4.69) is 4.98 Å². The average Bonchev–Trinajstić information content (AvgIpc) is 2.34. The summed E-state index contributed by atoms with van der Waals surface area (Å²) in [6.07, 6.45) is 1.92. The van der Waals surface area contributed by atoms with Crippen molar-refractivity contribution in [1.29, 1.82) is 0 Å². The lowest BCUT2D eigenvalue weighted by molar-refractivity contribution is 0.572. The fourth-order valence-corrected chi connectivity index (χ4v) is 1.94. The molecule has 4 heteroatoms. The molecule has 0 aliphatic heterocycles. The minimum atomic E-state index is -0.457. The Labute approximate surface area is 104 Å². The van der Waals surface area contributed by atoms with Crippen LogP contribution in [0.15, 0.2) is 36.5 Å². The zero-order chi connectivity index (χ0) is 13.1. The van der Waals surface area contributed by atoms with Crippen molar-refractivity contribution in [2.45, 2.75) is 19.4 Å². The second kappa shape index (κ2) is 5.23. The lowest BCUT2D eigenvalue weighted by Crippen LogP contribution is -2.16. The van der Waals surface area contributed by atoms with Gasteiger partial charge in [-0.05, 0) is 48.7 Å². The van der Waals surface area contributed by atoms with Gasteiger partial charge in [-0.3, -0.25) is 4.98 Å². The van der Waals surface area contributed by atoms with E-state index in [1.807, 2.05) is 13.0 Å². The molecule has 0 fully saturated rings. The van der Waals surface area contributed by atoms with E-state index < -0.39 is 17.7 Å². The molecule has 0 radical (unpaired) electrons. The predicted octanol–water partition coefficient (Wildman–Crippen LogP) is 2.91. The van der Waals surface area contributed by atoms with E-state index in [-0.39, 0.29) is 12.0 Å². The third kappa shape index (κ3) is 2.71. The van der Waals surface area contributed by atoms with E-state index in [1.165, 1.54) is 6.07 Å². The van der Waals surface area contributed by atoms with Crippen LogP contribution >= 0.6 is 0 Å². The summed E-state index contributed by atoms with van der Waals surface area (Å²) in [5.41, 5.74) is 7.96. The second-order valence-electron chi connectivity index (χ2n) is 4.22. The second-order valence-corrected chi connectivity index (χ2v) is 4.22. The normalized spacial score (nSPS) is 12.4. The summed E-state index contributed by atoms with van der Waals surface area (Å²) in [6.45, 7) is 1.84. The average molecular weight is 248 g/mol. The van der Waals surface area contributed by atoms with Crippen molar-refractivity contribution in [2.75, 3.05) is 0 Å². The molecule has 0 amide bonds. The molecule has 0 bridgehead atoms. The topological polar surface area (TPSA) is 38.9 Å². The van der Waals surface area contributed by atoms with Gasteiger partial charge >= 0.3 is 0 Å². The van der Waals surface area contributed by atoms with Crippen molar-refractivity contribution in [3.05, 3.63) is 65.0 Å². The number of benzene rings is 1. The van der Waals surface area contributed by atoms with Crippen LogP contribution in [-0.2, 0) is 6.42 Å². The quantitative estimate of drug-likeness (QED) is 0.907. The van der Waals surface area contributed by atoms with Crippen LogP contribution < -0.4 is 5.73 Å². The smallest absolute Gasteiger partial charge is 0.126 e. The van der Waals surface area contributed by atoms with Gasteiger partial charge in [0.2, 0.25) is 0 Å². The van der Waals surface area contributed by atoms with Gasteiger partial charge in [0.25, 0.3) is 0 Å². The van der Waals surface area contributed by atoms with Gasteiger partial charge in [-0.25, -0.2) is 8.78 Å². The fraction of sp³-hybridized carbons (Fsp3) is 0.214. The zero-order valence-corrected chi connectivity index (χ0v) is 10.0. The SMILES string of the molecule is Cc1ncccc1C(N)Cc1cc(F)ccc1F. The molecule has 0 saturated carbocycles. The summed E-state index contributed by atoms with van der Waals surface area (Å²) < 4.78 is 26.6. The Kier molecular flexibility index (Phi) is 3.67. The zero-order valence-electron chi connectivity index (χ0n) is 10.0. The summed E-state index contributed by atoms with van der Waals surface area (Å²) in [6, 6.07) is 6.64. The highest BCUT2D eigenvalue weighted by Crippen LogP contribution is 2.20. The third-order valence-corrected chi connectivity index (χ3v) is 2.89. The van der Waals surface area contributed by atoms with Gasteiger partial charge in [-0.2, -0.15) is 0 Å². The molecule has 94 valence electrons. The molecule has 0 spiro atoms. The summed E-state index contributed by atoms with van der Waals surface area (Å²) in [4.78, 5) is 4.13. The first-order chi connectivity index (χ1) is 8.58. The maximum atomic E-state index is 13.5. The molecule has 1 atom stereocenters. The fourth-order valence-electron chi connectivity index (χ4n) is 1.94. The van der Waals surface area contributed by atoms with Crippen LogP contribution in [0, 0.1) is 18.6 Å².